The Morgan fingerprint density at radius 3 is 2.15 bits per heavy atom. The summed E-state index contributed by atoms with van der Waals surface area (Å²) in [6, 6.07) is 5.40. The number of benzene rings is 1. The van der Waals surface area contributed by atoms with E-state index in [1.54, 1.807) is 18.2 Å². The second-order valence-electron chi connectivity index (χ2n) is 10.6. The van der Waals surface area contributed by atoms with Gasteiger partial charge in [-0.3, -0.25) is 0 Å². The number of rotatable bonds is 8. The zero-order valence-electron chi connectivity index (χ0n) is 19.5. The van der Waals surface area contributed by atoms with Crippen molar-refractivity contribution in [3.8, 4) is 0 Å². The van der Waals surface area contributed by atoms with E-state index >= 15 is 0 Å². The average molecular weight is 497 g/mol. The fourth-order valence-corrected chi connectivity index (χ4v) is 9.98. The summed E-state index contributed by atoms with van der Waals surface area (Å²) in [5.74, 6) is 0.216. The van der Waals surface area contributed by atoms with Gasteiger partial charge in [0.05, 0.1) is 16.8 Å². The predicted octanol–water partition coefficient (Wildman–Crippen LogP) is 3.03. The molecule has 0 heterocycles. The maximum atomic E-state index is 13.3. The monoisotopic (exact) mass is 496 g/mol. The minimum atomic E-state index is -3.79. The van der Waals surface area contributed by atoms with Gasteiger partial charge in [0, 0.05) is 17.5 Å². The zero-order chi connectivity index (χ0) is 24.1. The fourth-order valence-electron chi connectivity index (χ4n) is 6.45. The van der Waals surface area contributed by atoms with Crippen LogP contribution in [-0.2, 0) is 20.0 Å². The summed E-state index contributed by atoms with van der Waals surface area (Å²) in [6.07, 6.45) is 6.12. The number of hydrogen-bond acceptors (Lipinski definition) is 5. The maximum absolute atomic E-state index is 13.3. The van der Waals surface area contributed by atoms with E-state index in [0.29, 0.717) is 31.6 Å². The summed E-state index contributed by atoms with van der Waals surface area (Å²) in [6.45, 7) is 7.83. The van der Waals surface area contributed by atoms with Crippen molar-refractivity contribution in [3.05, 3.63) is 36.4 Å². The van der Waals surface area contributed by atoms with Crippen molar-refractivity contribution in [1.82, 2.24) is 9.44 Å². The van der Waals surface area contributed by atoms with Gasteiger partial charge < -0.3 is 5.11 Å². The third-order valence-electron chi connectivity index (χ3n) is 8.67. The second kappa shape index (κ2) is 8.75. The molecule has 0 aromatic heterocycles. The summed E-state index contributed by atoms with van der Waals surface area (Å²) in [5, 5.41) is 10.8. The van der Waals surface area contributed by atoms with Crippen LogP contribution in [0.5, 0.6) is 0 Å². The van der Waals surface area contributed by atoms with Gasteiger partial charge in [0.15, 0.2) is 0 Å². The van der Waals surface area contributed by atoms with Gasteiger partial charge >= 0.3 is 0 Å². The first-order chi connectivity index (χ1) is 15.4. The zero-order valence-corrected chi connectivity index (χ0v) is 21.1. The van der Waals surface area contributed by atoms with Gasteiger partial charge in [-0.05, 0) is 61.1 Å². The Morgan fingerprint density at radius 2 is 1.64 bits per heavy atom. The van der Waals surface area contributed by atoms with E-state index in [9.17, 15) is 21.9 Å². The molecule has 0 radical (unpaired) electrons. The van der Waals surface area contributed by atoms with E-state index in [2.05, 4.69) is 29.9 Å². The molecule has 2 bridgehead atoms. The molecule has 0 amide bonds. The van der Waals surface area contributed by atoms with Gasteiger partial charge in [0.2, 0.25) is 20.0 Å². The van der Waals surface area contributed by atoms with Crippen LogP contribution in [0.15, 0.2) is 35.7 Å². The highest BCUT2D eigenvalue weighted by Gasteiger charge is 2.65. The molecule has 0 saturated heterocycles. The van der Waals surface area contributed by atoms with E-state index in [1.165, 1.54) is 12.1 Å². The molecular weight excluding hydrogens is 460 g/mol. The number of aliphatic hydroxyl groups excluding tert-OH is 1. The molecule has 0 spiro atoms. The lowest BCUT2D eigenvalue weighted by atomic mass is 9.70. The third-order valence-corrected chi connectivity index (χ3v) is 11.7. The van der Waals surface area contributed by atoms with Crippen molar-refractivity contribution in [1.29, 1.82) is 0 Å². The lowest BCUT2D eigenvalue weighted by Gasteiger charge is -2.41. The van der Waals surface area contributed by atoms with E-state index in [-0.39, 0.29) is 16.1 Å². The van der Waals surface area contributed by atoms with Gasteiger partial charge in [0.25, 0.3) is 0 Å². The number of nitrogens with one attached hydrogen (secondary N) is 2. The Morgan fingerprint density at radius 1 is 1.03 bits per heavy atom. The van der Waals surface area contributed by atoms with Crippen LogP contribution < -0.4 is 9.44 Å². The highest BCUT2D eigenvalue weighted by atomic mass is 32.2. The first-order valence-electron chi connectivity index (χ1n) is 11.8. The number of aliphatic hydroxyl groups is 1. The van der Waals surface area contributed by atoms with E-state index in [1.807, 2.05) is 0 Å². The predicted molar refractivity (Wildman–Crippen MR) is 129 cm³/mol. The molecule has 9 heteroatoms. The van der Waals surface area contributed by atoms with Crippen molar-refractivity contribution in [2.75, 3.05) is 5.75 Å². The molecule has 3 fully saturated rings. The SMILES string of the molecule is C=Cc1ccc(S(=O)(=O)N[C@@H]2CCCC[C@H]2NS(=O)(=O)CC23CCC(CC2O)C3(C)C)cc1. The van der Waals surface area contributed by atoms with E-state index < -0.39 is 43.6 Å². The van der Waals surface area contributed by atoms with Crippen LogP contribution in [0.3, 0.4) is 0 Å². The molecule has 3 aliphatic rings. The summed E-state index contributed by atoms with van der Waals surface area (Å²) in [4.78, 5) is 0.145. The molecule has 4 rings (SSSR count). The molecular formula is C24H36N2O5S2. The Bertz CT molecular complexity index is 1100. The van der Waals surface area contributed by atoms with E-state index in [0.717, 1.165) is 24.8 Å². The van der Waals surface area contributed by atoms with Crippen LogP contribution >= 0.6 is 0 Å². The van der Waals surface area contributed by atoms with Gasteiger partial charge in [-0.2, -0.15) is 0 Å². The Balaban J connectivity index is 1.50. The lowest BCUT2D eigenvalue weighted by molar-refractivity contribution is 0.0151. The molecule has 1 aromatic carbocycles. The standard InChI is InChI=1S/C24H36N2O5S2/c1-4-17-9-11-19(12-10-17)33(30,31)26-21-8-6-5-7-20(21)25-32(28,29)16-24-14-13-18(15-22(24)27)23(24,2)3/h4,9-12,18,20-22,25-27H,1,5-8,13-16H2,2-3H3/t18?,20-,21-,22?,24?/m1/s1. The largest absolute Gasteiger partial charge is 0.392 e. The van der Waals surface area contributed by atoms with E-state index in [4.69, 9.17) is 0 Å². The van der Waals surface area contributed by atoms with Crippen LogP contribution in [0.4, 0.5) is 0 Å². The van der Waals surface area contributed by atoms with Crippen molar-refractivity contribution in [3.63, 3.8) is 0 Å². The second-order valence-corrected chi connectivity index (χ2v) is 14.1. The molecule has 7 nitrogen and oxygen atoms in total. The quantitative estimate of drug-likeness (QED) is 0.512. The Hall–Kier alpha value is -1.26. The molecule has 3 N–H and O–H groups in total. The first-order valence-corrected chi connectivity index (χ1v) is 15.0. The maximum Gasteiger partial charge on any atom is 0.240 e. The normalized spacial score (nSPS) is 33.8. The average Bonchev–Trinajstić information content (AvgIpc) is 3.09. The summed E-state index contributed by atoms with van der Waals surface area (Å²) >= 11 is 0. The molecule has 184 valence electrons. The summed E-state index contributed by atoms with van der Waals surface area (Å²) in [5.41, 5.74) is -0.0744. The van der Waals surface area contributed by atoms with Gasteiger partial charge in [-0.15, -0.1) is 0 Å². The van der Waals surface area contributed by atoms with Crippen molar-refractivity contribution in [2.24, 2.45) is 16.7 Å². The van der Waals surface area contributed by atoms with Crippen molar-refractivity contribution < 1.29 is 21.9 Å². The van der Waals surface area contributed by atoms with Crippen LogP contribution in [0.1, 0.15) is 64.4 Å². The van der Waals surface area contributed by atoms with Gasteiger partial charge in [-0.25, -0.2) is 26.3 Å². The molecule has 3 saturated carbocycles. The minimum Gasteiger partial charge on any atom is -0.392 e. The fraction of sp³-hybridized carbons (Fsp3) is 0.667. The van der Waals surface area contributed by atoms with Crippen LogP contribution in [0.2, 0.25) is 0 Å². The minimum absolute atomic E-state index is 0.121. The van der Waals surface area contributed by atoms with Crippen LogP contribution in [0.25, 0.3) is 6.08 Å². The van der Waals surface area contributed by atoms with Crippen LogP contribution in [0, 0.1) is 16.7 Å². The number of hydrogen-bond donors (Lipinski definition) is 3. The lowest BCUT2D eigenvalue weighted by Crippen LogP contribution is -2.55. The van der Waals surface area contributed by atoms with Crippen molar-refractivity contribution >= 4 is 26.1 Å². The summed E-state index contributed by atoms with van der Waals surface area (Å²) in [7, 11) is -7.52. The smallest absolute Gasteiger partial charge is 0.240 e. The first kappa shape index (κ1) is 24.9. The van der Waals surface area contributed by atoms with Crippen LogP contribution in [-0.4, -0.2) is 45.9 Å². The molecule has 3 aliphatic carbocycles. The third kappa shape index (κ3) is 4.55. The molecule has 1 aromatic rings. The van der Waals surface area contributed by atoms with Gasteiger partial charge in [-0.1, -0.05) is 51.5 Å². The Labute approximate surface area is 198 Å². The van der Waals surface area contributed by atoms with Gasteiger partial charge in [0.1, 0.15) is 0 Å². The number of fused-ring (bicyclic) bond motifs is 2. The summed E-state index contributed by atoms with van der Waals surface area (Å²) < 4.78 is 58.1. The Kier molecular flexibility index (Phi) is 6.59. The molecule has 0 aliphatic heterocycles. The van der Waals surface area contributed by atoms with Crippen molar-refractivity contribution in [2.45, 2.75) is 81.9 Å². The topological polar surface area (TPSA) is 113 Å². The number of sulfonamides is 2. The molecule has 3 unspecified atom stereocenters. The highest BCUT2D eigenvalue weighted by molar-refractivity contribution is 7.89. The highest BCUT2D eigenvalue weighted by Crippen LogP contribution is 2.66. The molecule has 5 atom stereocenters. The molecule has 33 heavy (non-hydrogen) atoms.